The molecule has 4 heteroatoms. The molecule has 0 fully saturated rings. The van der Waals surface area contributed by atoms with Gasteiger partial charge in [-0.25, -0.2) is 13.1 Å². The van der Waals surface area contributed by atoms with Crippen molar-refractivity contribution in [3.05, 3.63) is 6.54 Å². The molecule has 0 aromatic heterocycles. The van der Waals surface area contributed by atoms with E-state index in [2.05, 4.69) is 4.72 Å². The lowest BCUT2D eigenvalue weighted by molar-refractivity contribution is 0.550. The summed E-state index contributed by atoms with van der Waals surface area (Å²) in [5.74, 6) is 0. The fourth-order valence-corrected chi connectivity index (χ4v) is 1.11. The lowest BCUT2D eigenvalue weighted by Crippen LogP contribution is -2.37. The van der Waals surface area contributed by atoms with Gasteiger partial charge in [-0.15, -0.1) is 0 Å². The molecule has 11 heavy (non-hydrogen) atoms. The van der Waals surface area contributed by atoms with Gasteiger partial charge in [-0.2, -0.15) is 0 Å². The first-order chi connectivity index (χ1) is 4.81. The Morgan fingerprint density at radius 2 is 1.82 bits per heavy atom. The van der Waals surface area contributed by atoms with Gasteiger partial charge in [0.15, 0.2) is 0 Å². The lowest BCUT2D eigenvalue weighted by Gasteiger charge is -2.18. The largest absolute Gasteiger partial charge is 0.216 e. The zero-order chi connectivity index (χ0) is 9.12. The van der Waals surface area contributed by atoms with Crippen molar-refractivity contribution in [1.29, 1.82) is 0 Å². The van der Waals surface area contributed by atoms with E-state index in [0.29, 0.717) is 6.42 Å². The van der Waals surface area contributed by atoms with Crippen molar-refractivity contribution in [2.24, 2.45) is 0 Å². The Kier molecular flexibility index (Phi) is 3.51. The van der Waals surface area contributed by atoms with E-state index < -0.39 is 14.8 Å². The van der Waals surface area contributed by atoms with Gasteiger partial charge in [0.25, 0.3) is 0 Å². The van der Waals surface area contributed by atoms with Crippen molar-refractivity contribution in [2.45, 2.75) is 38.9 Å². The summed E-state index contributed by atoms with van der Waals surface area (Å²) >= 11 is 0. The van der Waals surface area contributed by atoms with Crippen LogP contribution in [-0.4, -0.2) is 13.2 Å². The maximum Gasteiger partial charge on any atom is 0.216 e. The summed E-state index contributed by atoms with van der Waals surface area (Å²) in [4.78, 5) is 0. The van der Waals surface area contributed by atoms with E-state index >= 15 is 0 Å². The van der Waals surface area contributed by atoms with E-state index in [1.54, 1.807) is 27.3 Å². The van der Waals surface area contributed by atoms with Crippen LogP contribution in [0.2, 0.25) is 0 Å². The zero-order valence-electron chi connectivity index (χ0n) is 7.51. The van der Waals surface area contributed by atoms with Crippen LogP contribution in [0.15, 0.2) is 0 Å². The molecule has 0 saturated heterocycles. The summed E-state index contributed by atoms with van der Waals surface area (Å²) in [6, 6.07) is 0. The number of sulfonamides is 1. The molecule has 0 aliphatic carbocycles. The summed E-state index contributed by atoms with van der Waals surface area (Å²) in [5, 5.41) is 0. The van der Waals surface area contributed by atoms with Crippen molar-refractivity contribution in [2.75, 3.05) is 0 Å². The predicted octanol–water partition coefficient (Wildman–Crippen LogP) is 1.28. The quantitative estimate of drug-likeness (QED) is 0.707. The van der Waals surface area contributed by atoms with Crippen molar-refractivity contribution in [3.63, 3.8) is 0 Å². The maximum atomic E-state index is 11.3. The second-order valence-electron chi connectivity index (χ2n) is 3.35. The number of hydrogen-bond donors (Lipinski definition) is 1. The number of rotatable bonds is 3. The van der Waals surface area contributed by atoms with Crippen molar-refractivity contribution >= 4 is 10.0 Å². The van der Waals surface area contributed by atoms with Crippen LogP contribution < -0.4 is 4.72 Å². The van der Waals surface area contributed by atoms with Crippen molar-refractivity contribution in [3.8, 4) is 0 Å². The van der Waals surface area contributed by atoms with Crippen molar-refractivity contribution in [1.82, 2.24) is 4.72 Å². The van der Waals surface area contributed by atoms with Gasteiger partial charge in [0.2, 0.25) is 10.0 Å². The molecule has 0 heterocycles. The van der Waals surface area contributed by atoms with Crippen LogP contribution in [0.25, 0.3) is 0 Å². The zero-order valence-corrected chi connectivity index (χ0v) is 8.33. The minimum absolute atomic E-state index is 0.704. The lowest BCUT2D eigenvalue weighted by atomic mass is 10.3. The van der Waals surface area contributed by atoms with Gasteiger partial charge in [-0.05, 0) is 27.2 Å². The molecule has 3 nitrogen and oxygen atoms in total. The molecular formula is C7H16NO2S. The normalized spacial score (nSPS) is 13.5. The molecule has 0 unspecified atom stereocenters. The highest BCUT2D eigenvalue weighted by atomic mass is 32.2. The first kappa shape index (κ1) is 10.9. The molecular weight excluding hydrogens is 162 g/mol. The number of nitrogens with one attached hydrogen (secondary N) is 1. The van der Waals surface area contributed by atoms with Gasteiger partial charge in [0, 0.05) is 6.54 Å². The third-order valence-corrected chi connectivity index (χ3v) is 3.34. The van der Waals surface area contributed by atoms with E-state index in [-0.39, 0.29) is 0 Å². The maximum absolute atomic E-state index is 11.3. The third-order valence-electron chi connectivity index (χ3n) is 1.25. The molecule has 0 saturated carbocycles. The Bertz CT molecular complexity index is 201. The van der Waals surface area contributed by atoms with Crippen LogP contribution in [0.4, 0.5) is 0 Å². The Hall–Kier alpha value is -0.0900. The molecule has 0 aliphatic rings. The van der Waals surface area contributed by atoms with Gasteiger partial charge < -0.3 is 0 Å². The second kappa shape index (κ2) is 3.54. The first-order valence-electron chi connectivity index (χ1n) is 3.65. The molecule has 67 valence electrons. The molecule has 0 amide bonds. The van der Waals surface area contributed by atoms with Crippen LogP contribution >= 0.6 is 0 Å². The summed E-state index contributed by atoms with van der Waals surface area (Å²) in [5.41, 5.74) is 0. The Morgan fingerprint density at radius 3 is 2.09 bits per heavy atom. The van der Waals surface area contributed by atoms with E-state index in [1.807, 2.05) is 6.92 Å². The highest BCUT2D eigenvalue weighted by molar-refractivity contribution is 7.90. The van der Waals surface area contributed by atoms with Crippen molar-refractivity contribution < 1.29 is 8.42 Å². The monoisotopic (exact) mass is 178 g/mol. The summed E-state index contributed by atoms with van der Waals surface area (Å²) in [6.45, 7) is 8.42. The van der Waals surface area contributed by atoms with Gasteiger partial charge >= 0.3 is 0 Å². The molecule has 0 aliphatic heterocycles. The highest BCUT2D eigenvalue weighted by Crippen LogP contribution is 2.13. The summed E-state index contributed by atoms with van der Waals surface area (Å²) < 4.78 is 24.2. The van der Waals surface area contributed by atoms with Crippen LogP contribution in [0, 0.1) is 6.54 Å². The highest BCUT2D eigenvalue weighted by Gasteiger charge is 2.27. The summed E-state index contributed by atoms with van der Waals surface area (Å²) in [6.07, 6.45) is 0.704. The van der Waals surface area contributed by atoms with Crippen LogP contribution in [-0.2, 0) is 10.0 Å². The van der Waals surface area contributed by atoms with E-state index in [0.717, 1.165) is 0 Å². The predicted molar refractivity (Wildman–Crippen MR) is 46.4 cm³/mol. The average molecular weight is 178 g/mol. The van der Waals surface area contributed by atoms with Gasteiger partial charge in [-0.1, -0.05) is 6.92 Å². The van der Waals surface area contributed by atoms with Crippen LogP contribution in [0.5, 0.6) is 0 Å². The van der Waals surface area contributed by atoms with Gasteiger partial charge in [0.1, 0.15) is 0 Å². The molecule has 1 radical (unpaired) electrons. The Balaban J connectivity index is 4.26. The smallest absolute Gasteiger partial charge is 0.212 e. The molecule has 0 spiro atoms. The van der Waals surface area contributed by atoms with Crippen LogP contribution in [0.1, 0.15) is 34.1 Å². The molecule has 1 N–H and O–H groups in total. The Morgan fingerprint density at radius 1 is 1.36 bits per heavy atom. The minimum atomic E-state index is -3.17. The fraction of sp³-hybridized carbons (Fsp3) is 0.857. The van der Waals surface area contributed by atoms with Gasteiger partial charge in [-0.3, -0.25) is 0 Å². The van der Waals surface area contributed by atoms with Gasteiger partial charge in [0.05, 0.1) is 4.75 Å². The fourth-order valence-electron chi connectivity index (χ4n) is 0.370. The van der Waals surface area contributed by atoms with E-state index in [1.165, 1.54) is 0 Å². The molecule has 0 atom stereocenters. The Labute approximate surface area is 69.2 Å². The molecule has 0 bridgehead atoms. The second-order valence-corrected chi connectivity index (χ2v) is 5.81. The molecule has 0 aromatic carbocycles. The SMILES string of the molecule is CC[CH]NS(=O)(=O)C(C)(C)C. The standard InChI is InChI=1S/C7H16NO2S/c1-5-6-8-11(9,10)7(2,3)4/h6,8H,5H2,1-4H3. The van der Waals surface area contributed by atoms with Crippen LogP contribution in [0.3, 0.4) is 0 Å². The minimum Gasteiger partial charge on any atom is -0.212 e. The number of hydrogen-bond acceptors (Lipinski definition) is 2. The first-order valence-corrected chi connectivity index (χ1v) is 5.13. The summed E-state index contributed by atoms with van der Waals surface area (Å²) in [7, 11) is -3.17. The average Bonchev–Trinajstić information content (AvgIpc) is 1.81. The molecule has 0 aromatic rings. The topological polar surface area (TPSA) is 46.2 Å². The molecule has 0 rings (SSSR count). The van der Waals surface area contributed by atoms with E-state index in [4.69, 9.17) is 0 Å². The third kappa shape index (κ3) is 3.20. The van der Waals surface area contributed by atoms with E-state index in [9.17, 15) is 8.42 Å².